The second-order valence-corrected chi connectivity index (χ2v) is 2.09. The van der Waals surface area contributed by atoms with Gasteiger partial charge < -0.3 is 19.7 Å². The van der Waals surface area contributed by atoms with Gasteiger partial charge in [0.1, 0.15) is 10.5 Å². The Morgan fingerprint density at radius 1 is 1.38 bits per heavy atom. The van der Waals surface area contributed by atoms with Gasteiger partial charge in [0.05, 0.1) is 6.42 Å². The van der Waals surface area contributed by atoms with Crippen LogP contribution in [0.3, 0.4) is 0 Å². The van der Waals surface area contributed by atoms with Crippen LogP contribution >= 0.6 is 0 Å². The van der Waals surface area contributed by atoms with Crippen molar-refractivity contribution in [3.8, 4) is 0 Å². The first-order chi connectivity index (χ1) is 3.56. The van der Waals surface area contributed by atoms with E-state index in [0.717, 1.165) is 0 Å². The highest BCUT2D eigenvalue weighted by molar-refractivity contribution is 5.97. The summed E-state index contributed by atoms with van der Waals surface area (Å²) in [6.07, 6.45) is -0.156. The quantitative estimate of drug-likeness (QED) is 0.293. The normalized spacial score (nSPS) is 12.4. The SMILES string of the molecule is OC(O)(O)CCO[SiH3]. The van der Waals surface area contributed by atoms with Gasteiger partial charge in [-0.1, -0.05) is 0 Å². The van der Waals surface area contributed by atoms with E-state index in [1.165, 1.54) is 0 Å². The van der Waals surface area contributed by atoms with E-state index < -0.39 is 5.97 Å². The Labute approximate surface area is 50.3 Å². The monoisotopic (exact) mass is 138 g/mol. The summed E-state index contributed by atoms with van der Waals surface area (Å²) in [6.45, 7) is 0.190. The van der Waals surface area contributed by atoms with Crippen molar-refractivity contribution in [1.82, 2.24) is 0 Å². The number of hydrogen-bond acceptors (Lipinski definition) is 4. The van der Waals surface area contributed by atoms with Crippen molar-refractivity contribution in [2.24, 2.45) is 0 Å². The Morgan fingerprint density at radius 3 is 2.00 bits per heavy atom. The van der Waals surface area contributed by atoms with Crippen LogP contribution in [-0.4, -0.2) is 38.4 Å². The topological polar surface area (TPSA) is 69.9 Å². The highest BCUT2D eigenvalue weighted by Gasteiger charge is 2.15. The van der Waals surface area contributed by atoms with E-state index in [2.05, 4.69) is 4.43 Å². The van der Waals surface area contributed by atoms with Gasteiger partial charge in [-0.05, 0) is 0 Å². The molecule has 0 fully saturated rings. The van der Waals surface area contributed by atoms with E-state index in [1.54, 1.807) is 0 Å². The molecule has 5 heteroatoms. The zero-order valence-corrected chi connectivity index (χ0v) is 6.66. The van der Waals surface area contributed by atoms with Crippen molar-refractivity contribution in [2.75, 3.05) is 6.61 Å². The molecular formula is C3H10O4Si. The predicted molar refractivity (Wildman–Crippen MR) is 29.9 cm³/mol. The highest BCUT2D eigenvalue weighted by Crippen LogP contribution is 1.97. The molecule has 0 atom stereocenters. The molecule has 0 saturated carbocycles. The van der Waals surface area contributed by atoms with Crippen molar-refractivity contribution in [2.45, 2.75) is 12.4 Å². The first-order valence-corrected chi connectivity index (χ1v) is 3.04. The van der Waals surface area contributed by atoms with Gasteiger partial charge in [-0.2, -0.15) is 0 Å². The van der Waals surface area contributed by atoms with Crippen molar-refractivity contribution in [3.63, 3.8) is 0 Å². The Kier molecular flexibility index (Phi) is 3.18. The molecule has 3 N–H and O–H groups in total. The summed E-state index contributed by atoms with van der Waals surface area (Å²) in [4.78, 5) is 0. The van der Waals surface area contributed by atoms with Gasteiger partial charge in [0.25, 0.3) is 5.97 Å². The lowest BCUT2D eigenvalue weighted by molar-refractivity contribution is -0.316. The van der Waals surface area contributed by atoms with Crippen LogP contribution in [0.4, 0.5) is 0 Å². The van der Waals surface area contributed by atoms with E-state index >= 15 is 0 Å². The summed E-state index contributed by atoms with van der Waals surface area (Å²) >= 11 is 0. The Balaban J connectivity index is 3.11. The minimum atomic E-state index is -2.55. The van der Waals surface area contributed by atoms with Crippen LogP contribution in [0, 0.1) is 0 Å². The summed E-state index contributed by atoms with van der Waals surface area (Å²) in [5.74, 6) is -2.55. The first kappa shape index (κ1) is 8.06. The van der Waals surface area contributed by atoms with Crippen molar-refractivity contribution >= 4 is 10.5 Å². The van der Waals surface area contributed by atoms with Gasteiger partial charge in [0.15, 0.2) is 0 Å². The number of hydrogen-bond donors (Lipinski definition) is 3. The molecule has 4 nitrogen and oxygen atoms in total. The Bertz CT molecular complexity index is 58.8. The molecule has 0 radical (unpaired) electrons. The van der Waals surface area contributed by atoms with Gasteiger partial charge in [-0.15, -0.1) is 0 Å². The van der Waals surface area contributed by atoms with Crippen LogP contribution in [-0.2, 0) is 4.43 Å². The standard InChI is InChI=1S/C3H10O4Si/c4-3(5,6)1-2-7-8/h4-6H,1-2H2,8H3. The lowest BCUT2D eigenvalue weighted by atomic mass is 10.4. The molecule has 0 aromatic carbocycles. The van der Waals surface area contributed by atoms with Gasteiger partial charge in [0.2, 0.25) is 0 Å². The first-order valence-electron chi connectivity index (χ1n) is 2.22. The second-order valence-electron chi connectivity index (χ2n) is 1.52. The fraction of sp³-hybridized carbons (Fsp3) is 1.00. The third-order valence-corrected chi connectivity index (χ3v) is 1.05. The maximum atomic E-state index is 8.20. The molecule has 0 aliphatic heterocycles. The molecule has 0 spiro atoms. The maximum absolute atomic E-state index is 8.20. The summed E-state index contributed by atoms with van der Waals surface area (Å²) in [7, 11) is 0.549. The molecule has 0 amide bonds. The number of aliphatic hydroxyl groups is 3. The smallest absolute Gasteiger partial charge is 0.277 e. The lowest BCUT2D eigenvalue weighted by Crippen LogP contribution is -2.28. The zero-order chi connectivity index (χ0) is 6.62. The maximum Gasteiger partial charge on any atom is 0.277 e. The molecule has 0 aromatic rings. The largest absolute Gasteiger partial charge is 0.428 e. The molecule has 0 bridgehead atoms. The average Bonchev–Trinajstić information content (AvgIpc) is 1.59. The minimum Gasteiger partial charge on any atom is -0.428 e. The predicted octanol–water partition coefficient (Wildman–Crippen LogP) is -2.70. The van der Waals surface area contributed by atoms with Crippen LogP contribution in [0.15, 0.2) is 0 Å². The Morgan fingerprint density at radius 2 is 1.88 bits per heavy atom. The molecular weight excluding hydrogens is 128 g/mol. The van der Waals surface area contributed by atoms with E-state index in [-0.39, 0.29) is 13.0 Å². The fourth-order valence-electron chi connectivity index (χ4n) is 0.239. The summed E-state index contributed by atoms with van der Waals surface area (Å²) in [5, 5.41) is 24.6. The molecule has 8 heavy (non-hydrogen) atoms. The summed E-state index contributed by atoms with van der Waals surface area (Å²) in [5.41, 5.74) is 0. The molecule has 0 heterocycles. The third-order valence-electron chi connectivity index (χ3n) is 0.642. The highest BCUT2D eigenvalue weighted by atomic mass is 28.2. The van der Waals surface area contributed by atoms with Crippen LogP contribution < -0.4 is 0 Å². The minimum absolute atomic E-state index is 0.156. The Hall–Kier alpha value is 0.0569. The number of rotatable bonds is 3. The van der Waals surface area contributed by atoms with Crippen LogP contribution in [0.1, 0.15) is 6.42 Å². The molecule has 50 valence electrons. The van der Waals surface area contributed by atoms with E-state index in [9.17, 15) is 0 Å². The van der Waals surface area contributed by atoms with Gasteiger partial charge in [-0.25, -0.2) is 0 Å². The van der Waals surface area contributed by atoms with Crippen molar-refractivity contribution < 1.29 is 19.7 Å². The van der Waals surface area contributed by atoms with Gasteiger partial charge >= 0.3 is 0 Å². The summed E-state index contributed by atoms with van der Waals surface area (Å²) in [6, 6.07) is 0. The van der Waals surface area contributed by atoms with Gasteiger partial charge in [-0.3, -0.25) is 0 Å². The summed E-state index contributed by atoms with van der Waals surface area (Å²) < 4.78 is 4.58. The molecule has 0 aromatic heterocycles. The third kappa shape index (κ3) is 6.06. The van der Waals surface area contributed by atoms with Crippen molar-refractivity contribution in [1.29, 1.82) is 0 Å². The van der Waals surface area contributed by atoms with E-state index in [1.807, 2.05) is 0 Å². The van der Waals surface area contributed by atoms with Crippen LogP contribution in [0.5, 0.6) is 0 Å². The van der Waals surface area contributed by atoms with Gasteiger partial charge in [0, 0.05) is 6.61 Å². The second kappa shape index (κ2) is 3.16. The molecule has 0 rings (SSSR count). The average molecular weight is 138 g/mol. The van der Waals surface area contributed by atoms with E-state index in [4.69, 9.17) is 15.3 Å². The van der Waals surface area contributed by atoms with Crippen LogP contribution in [0.25, 0.3) is 0 Å². The van der Waals surface area contributed by atoms with Crippen LogP contribution in [0.2, 0.25) is 0 Å². The lowest BCUT2D eigenvalue weighted by Gasteiger charge is -2.11. The zero-order valence-electron chi connectivity index (χ0n) is 4.66. The van der Waals surface area contributed by atoms with E-state index in [0.29, 0.717) is 10.5 Å². The molecule has 0 aliphatic rings. The fourth-order valence-corrected chi connectivity index (χ4v) is 0.443. The molecule has 0 unspecified atom stereocenters. The molecule has 0 saturated heterocycles. The molecule has 0 aliphatic carbocycles. The van der Waals surface area contributed by atoms with Crippen molar-refractivity contribution in [3.05, 3.63) is 0 Å².